The van der Waals surface area contributed by atoms with E-state index in [1.807, 2.05) is 4.68 Å². The number of rotatable bonds is 3. The van der Waals surface area contributed by atoms with Crippen LogP contribution in [0, 0.1) is 13.8 Å². The van der Waals surface area contributed by atoms with Crippen LogP contribution in [-0.4, -0.2) is 9.78 Å². The van der Waals surface area contributed by atoms with Crippen LogP contribution >= 0.6 is 15.9 Å². The molecular weight excluding hydrogens is 276 g/mol. The van der Waals surface area contributed by atoms with E-state index >= 15 is 0 Å². The van der Waals surface area contributed by atoms with Gasteiger partial charge in [-0.25, -0.2) is 4.68 Å². The molecule has 0 spiro atoms. The highest BCUT2D eigenvalue weighted by Gasteiger charge is 2.10. The molecule has 0 bridgehead atoms. The normalized spacial score (nSPS) is 10.8. The molecule has 0 fully saturated rings. The first-order valence-corrected chi connectivity index (χ1v) is 6.99. The van der Waals surface area contributed by atoms with Crippen LogP contribution in [0.5, 0.6) is 0 Å². The van der Waals surface area contributed by atoms with Gasteiger partial charge in [-0.05, 0) is 31.4 Å². The molecule has 0 aliphatic heterocycles. The zero-order valence-corrected chi connectivity index (χ0v) is 12.1. The lowest BCUT2D eigenvalue weighted by Crippen LogP contribution is -2.02. The Morgan fingerprint density at radius 2 is 2.00 bits per heavy atom. The van der Waals surface area contributed by atoms with Crippen molar-refractivity contribution in [1.29, 1.82) is 0 Å². The molecule has 1 heterocycles. The van der Waals surface area contributed by atoms with Crippen LogP contribution in [0.1, 0.15) is 29.3 Å². The van der Waals surface area contributed by atoms with E-state index in [0.717, 1.165) is 17.4 Å². The Kier molecular flexibility index (Phi) is 3.67. The van der Waals surface area contributed by atoms with Gasteiger partial charge in [-0.15, -0.1) is 0 Å². The third-order valence-corrected chi connectivity index (χ3v) is 3.68. The highest BCUT2D eigenvalue weighted by molar-refractivity contribution is 9.08. The van der Waals surface area contributed by atoms with Gasteiger partial charge in [0.2, 0.25) is 0 Å². The molecule has 2 nitrogen and oxygen atoms in total. The largest absolute Gasteiger partial charge is 0.240 e. The highest BCUT2D eigenvalue weighted by atomic mass is 79.9. The zero-order chi connectivity index (χ0) is 12.4. The van der Waals surface area contributed by atoms with E-state index < -0.39 is 0 Å². The molecule has 3 heteroatoms. The van der Waals surface area contributed by atoms with Crippen LogP contribution in [0.4, 0.5) is 0 Å². The van der Waals surface area contributed by atoms with E-state index in [1.165, 1.54) is 22.4 Å². The number of benzene rings is 1. The fraction of sp³-hybridized carbons (Fsp3) is 0.357. The molecule has 1 aromatic carbocycles. The Hall–Kier alpha value is -1.09. The second-order valence-corrected chi connectivity index (χ2v) is 4.81. The summed E-state index contributed by atoms with van der Waals surface area (Å²) in [7, 11) is 0. The number of hydrogen-bond donors (Lipinski definition) is 0. The molecule has 1 aromatic heterocycles. The number of para-hydroxylation sites is 1. The van der Waals surface area contributed by atoms with Crippen LogP contribution in [0.25, 0.3) is 5.69 Å². The Bertz CT molecular complexity index is 529. The third-order valence-electron chi connectivity index (χ3n) is 3.08. The van der Waals surface area contributed by atoms with Gasteiger partial charge in [0, 0.05) is 17.1 Å². The van der Waals surface area contributed by atoms with Crippen molar-refractivity contribution in [2.75, 3.05) is 0 Å². The first-order valence-electron chi connectivity index (χ1n) is 5.87. The first kappa shape index (κ1) is 12.4. The quantitative estimate of drug-likeness (QED) is 0.784. The summed E-state index contributed by atoms with van der Waals surface area (Å²) in [4.78, 5) is 0. The van der Waals surface area contributed by atoms with E-state index in [4.69, 9.17) is 0 Å². The average Bonchev–Trinajstić information content (AvgIpc) is 2.69. The van der Waals surface area contributed by atoms with Gasteiger partial charge in [-0.2, -0.15) is 5.10 Å². The maximum atomic E-state index is 4.61. The lowest BCUT2D eigenvalue weighted by molar-refractivity contribution is 0.840. The van der Waals surface area contributed by atoms with Crippen molar-refractivity contribution in [3.8, 4) is 5.69 Å². The van der Waals surface area contributed by atoms with Crippen LogP contribution in [-0.2, 0) is 11.8 Å². The number of aromatic nitrogens is 2. The molecule has 0 amide bonds. The fourth-order valence-corrected chi connectivity index (χ4v) is 2.62. The zero-order valence-electron chi connectivity index (χ0n) is 10.5. The van der Waals surface area contributed by atoms with Gasteiger partial charge in [0.05, 0.1) is 11.4 Å². The molecule has 2 rings (SSSR count). The van der Waals surface area contributed by atoms with Crippen LogP contribution in [0.2, 0.25) is 0 Å². The minimum Gasteiger partial charge on any atom is -0.240 e. The molecule has 2 aromatic rings. The average molecular weight is 293 g/mol. The Balaban J connectivity index is 2.59. The van der Waals surface area contributed by atoms with Crippen molar-refractivity contribution in [3.63, 3.8) is 0 Å². The lowest BCUT2D eigenvalue weighted by atomic mass is 10.1. The minimum atomic E-state index is 0.853. The summed E-state index contributed by atoms with van der Waals surface area (Å²) in [6.45, 7) is 6.37. The second-order valence-electron chi connectivity index (χ2n) is 4.25. The summed E-state index contributed by atoms with van der Waals surface area (Å²) >= 11 is 3.49. The monoisotopic (exact) mass is 292 g/mol. The number of alkyl halides is 1. The number of nitrogens with zero attached hydrogens (tertiary/aromatic N) is 2. The molecule has 0 aliphatic rings. The summed E-state index contributed by atoms with van der Waals surface area (Å²) in [6, 6.07) is 6.42. The Morgan fingerprint density at radius 1 is 1.24 bits per heavy atom. The molecule has 0 saturated heterocycles. The number of halogens is 1. The maximum absolute atomic E-state index is 4.61. The molecule has 0 saturated carbocycles. The minimum absolute atomic E-state index is 0.853. The molecule has 0 radical (unpaired) electrons. The summed E-state index contributed by atoms with van der Waals surface area (Å²) in [6.07, 6.45) is 3.14. The molecular formula is C14H17BrN2. The van der Waals surface area contributed by atoms with Crippen LogP contribution < -0.4 is 0 Å². The van der Waals surface area contributed by atoms with Crippen molar-refractivity contribution in [2.45, 2.75) is 32.5 Å². The Labute approximate surface area is 111 Å². The van der Waals surface area contributed by atoms with Gasteiger partial charge >= 0.3 is 0 Å². The summed E-state index contributed by atoms with van der Waals surface area (Å²) in [5, 5.41) is 5.46. The van der Waals surface area contributed by atoms with Gasteiger partial charge in [-0.1, -0.05) is 41.1 Å². The smallest absolute Gasteiger partial charge is 0.0706 e. The molecule has 0 atom stereocenters. The molecule has 0 unspecified atom stereocenters. The van der Waals surface area contributed by atoms with E-state index in [1.54, 1.807) is 0 Å². The number of aryl methyl sites for hydroxylation is 3. The molecule has 17 heavy (non-hydrogen) atoms. The maximum Gasteiger partial charge on any atom is 0.0706 e. The third kappa shape index (κ3) is 2.29. The first-order chi connectivity index (χ1) is 8.17. The molecule has 0 N–H and O–H groups in total. The van der Waals surface area contributed by atoms with E-state index in [9.17, 15) is 0 Å². The van der Waals surface area contributed by atoms with Gasteiger partial charge in [-0.3, -0.25) is 0 Å². The topological polar surface area (TPSA) is 17.8 Å². The second kappa shape index (κ2) is 5.05. The van der Waals surface area contributed by atoms with Gasteiger partial charge in [0.15, 0.2) is 0 Å². The summed E-state index contributed by atoms with van der Waals surface area (Å²) in [5.41, 5.74) is 6.18. The molecule has 0 aliphatic carbocycles. The predicted molar refractivity (Wildman–Crippen MR) is 75.0 cm³/mol. The van der Waals surface area contributed by atoms with E-state index in [0.29, 0.717) is 0 Å². The fourth-order valence-electron chi connectivity index (χ4n) is 2.07. The van der Waals surface area contributed by atoms with E-state index in [-0.39, 0.29) is 0 Å². The Morgan fingerprint density at radius 3 is 2.59 bits per heavy atom. The van der Waals surface area contributed by atoms with Gasteiger partial charge in [0.25, 0.3) is 0 Å². The van der Waals surface area contributed by atoms with Crippen LogP contribution in [0.3, 0.4) is 0 Å². The van der Waals surface area contributed by atoms with Gasteiger partial charge in [0.1, 0.15) is 0 Å². The van der Waals surface area contributed by atoms with Crippen molar-refractivity contribution in [3.05, 3.63) is 46.8 Å². The summed E-state index contributed by atoms with van der Waals surface area (Å²) < 4.78 is 2.01. The molecule has 90 valence electrons. The number of hydrogen-bond acceptors (Lipinski definition) is 1. The standard InChI is InChI=1S/C14H17BrN2/c1-4-12-7-5-6-10(2)14(12)17-9-13(8-15)11(3)16-17/h5-7,9H,4,8H2,1-3H3. The highest BCUT2D eigenvalue weighted by Crippen LogP contribution is 2.21. The van der Waals surface area contributed by atoms with Crippen molar-refractivity contribution in [1.82, 2.24) is 9.78 Å². The van der Waals surface area contributed by atoms with E-state index in [2.05, 4.69) is 66.2 Å². The predicted octanol–water partition coefficient (Wildman–Crippen LogP) is 3.95. The van der Waals surface area contributed by atoms with Crippen molar-refractivity contribution >= 4 is 15.9 Å². The lowest BCUT2D eigenvalue weighted by Gasteiger charge is -2.11. The van der Waals surface area contributed by atoms with Gasteiger partial charge < -0.3 is 0 Å². The van der Waals surface area contributed by atoms with Crippen LogP contribution in [0.15, 0.2) is 24.4 Å². The van der Waals surface area contributed by atoms with Crippen molar-refractivity contribution < 1.29 is 0 Å². The SMILES string of the molecule is CCc1cccc(C)c1-n1cc(CBr)c(C)n1. The van der Waals surface area contributed by atoms with Crippen molar-refractivity contribution in [2.24, 2.45) is 0 Å². The summed E-state index contributed by atoms with van der Waals surface area (Å²) in [5.74, 6) is 0.